The molecule has 0 radical (unpaired) electrons. The maximum absolute atomic E-state index is 12.8. The van der Waals surface area contributed by atoms with Gasteiger partial charge in [-0.05, 0) is 49.8 Å². The zero-order valence-electron chi connectivity index (χ0n) is 11.8. The second-order valence-electron chi connectivity index (χ2n) is 5.54. The Kier molecular flexibility index (Phi) is 3.87. The highest BCUT2D eigenvalue weighted by Crippen LogP contribution is 2.30. The molecule has 1 aromatic rings. The minimum Gasteiger partial charge on any atom is -0.398 e. The molecule has 106 valence electrons. The summed E-state index contributed by atoms with van der Waals surface area (Å²) in [6, 6.07) is 3.55. The molecule has 0 aromatic heterocycles. The zero-order valence-corrected chi connectivity index (χ0v) is 12.6. The molecule has 1 fully saturated rings. The van der Waals surface area contributed by atoms with E-state index in [0.29, 0.717) is 35.2 Å². The fourth-order valence-electron chi connectivity index (χ4n) is 2.73. The van der Waals surface area contributed by atoms with Gasteiger partial charge >= 0.3 is 0 Å². The van der Waals surface area contributed by atoms with Crippen LogP contribution in [0.4, 0.5) is 5.69 Å². The van der Waals surface area contributed by atoms with Crippen LogP contribution in [0.3, 0.4) is 0 Å². The van der Waals surface area contributed by atoms with E-state index >= 15 is 0 Å². The molecule has 0 amide bonds. The Morgan fingerprint density at radius 2 is 2.00 bits per heavy atom. The van der Waals surface area contributed by atoms with Gasteiger partial charge in [0.25, 0.3) is 0 Å². The molecule has 1 aromatic carbocycles. The van der Waals surface area contributed by atoms with Crippen molar-refractivity contribution in [1.29, 1.82) is 0 Å². The monoisotopic (exact) mass is 282 g/mol. The number of anilines is 1. The van der Waals surface area contributed by atoms with E-state index in [4.69, 9.17) is 5.73 Å². The van der Waals surface area contributed by atoms with E-state index in [0.717, 1.165) is 18.4 Å². The number of aryl methyl sites for hydroxylation is 1. The van der Waals surface area contributed by atoms with Crippen LogP contribution in [0, 0.1) is 19.8 Å². The topological polar surface area (TPSA) is 63.4 Å². The number of hydrogen-bond donors (Lipinski definition) is 1. The number of piperidine rings is 1. The summed E-state index contributed by atoms with van der Waals surface area (Å²) in [4.78, 5) is 0.390. The van der Waals surface area contributed by atoms with Crippen LogP contribution >= 0.6 is 0 Å². The number of rotatable bonds is 2. The number of nitrogen functional groups attached to an aromatic ring is 1. The molecule has 1 heterocycles. The minimum atomic E-state index is -3.43. The Labute approximate surface area is 115 Å². The van der Waals surface area contributed by atoms with Gasteiger partial charge < -0.3 is 5.73 Å². The fraction of sp³-hybridized carbons (Fsp3) is 0.571. The van der Waals surface area contributed by atoms with E-state index in [1.807, 2.05) is 6.92 Å². The normalized spacial score (nSPS) is 21.5. The van der Waals surface area contributed by atoms with Crippen LogP contribution in [0.5, 0.6) is 0 Å². The van der Waals surface area contributed by atoms with Gasteiger partial charge in [0.2, 0.25) is 10.0 Å². The predicted molar refractivity (Wildman–Crippen MR) is 77.5 cm³/mol. The largest absolute Gasteiger partial charge is 0.398 e. The summed E-state index contributed by atoms with van der Waals surface area (Å²) in [6.45, 7) is 6.92. The zero-order chi connectivity index (χ0) is 14.2. The number of benzene rings is 1. The summed E-state index contributed by atoms with van der Waals surface area (Å²) < 4.78 is 27.2. The van der Waals surface area contributed by atoms with Gasteiger partial charge in [-0.25, -0.2) is 8.42 Å². The molecule has 0 saturated carbocycles. The lowest BCUT2D eigenvalue weighted by Crippen LogP contribution is -2.39. The third-order valence-corrected chi connectivity index (χ3v) is 6.02. The average molecular weight is 282 g/mol. The van der Waals surface area contributed by atoms with E-state index < -0.39 is 10.0 Å². The van der Waals surface area contributed by atoms with Gasteiger partial charge in [-0.2, -0.15) is 4.31 Å². The molecule has 19 heavy (non-hydrogen) atoms. The number of nitrogens with two attached hydrogens (primary N) is 1. The lowest BCUT2D eigenvalue weighted by atomic mass is 10.0. The van der Waals surface area contributed by atoms with Gasteiger partial charge in [-0.3, -0.25) is 0 Å². The minimum absolute atomic E-state index is 0.390. The average Bonchev–Trinajstić information content (AvgIpc) is 2.34. The molecule has 1 atom stereocenters. The third kappa shape index (κ3) is 2.62. The molecule has 1 saturated heterocycles. The Hall–Kier alpha value is -1.07. The van der Waals surface area contributed by atoms with Crippen molar-refractivity contribution < 1.29 is 8.42 Å². The van der Waals surface area contributed by atoms with Crippen LogP contribution < -0.4 is 5.73 Å². The summed E-state index contributed by atoms with van der Waals surface area (Å²) in [6.07, 6.45) is 2.03. The standard InChI is InChI=1S/C14H22N2O2S/c1-10-5-4-8-16(9-10)19(17,18)14-11(2)6-7-13(15)12(14)3/h6-7,10H,4-5,8-9,15H2,1-3H3. The second kappa shape index (κ2) is 5.13. The maximum atomic E-state index is 12.8. The first kappa shape index (κ1) is 14.3. The summed E-state index contributed by atoms with van der Waals surface area (Å²) in [5.74, 6) is 0.421. The summed E-state index contributed by atoms with van der Waals surface area (Å²) in [7, 11) is -3.43. The van der Waals surface area contributed by atoms with Crippen molar-refractivity contribution in [3.63, 3.8) is 0 Å². The lowest BCUT2D eigenvalue weighted by Gasteiger charge is -2.31. The van der Waals surface area contributed by atoms with Crippen molar-refractivity contribution >= 4 is 15.7 Å². The quantitative estimate of drug-likeness (QED) is 0.847. The Bertz CT molecular complexity index is 581. The summed E-state index contributed by atoms with van der Waals surface area (Å²) in [5.41, 5.74) is 7.83. The third-order valence-electron chi connectivity index (χ3n) is 3.86. The molecule has 5 heteroatoms. The van der Waals surface area contributed by atoms with Gasteiger partial charge in [0, 0.05) is 18.8 Å². The maximum Gasteiger partial charge on any atom is 0.243 e. The Morgan fingerprint density at radius 1 is 1.32 bits per heavy atom. The van der Waals surface area contributed by atoms with Crippen LogP contribution in [0.2, 0.25) is 0 Å². The Balaban J connectivity index is 2.48. The first-order valence-electron chi connectivity index (χ1n) is 6.70. The van der Waals surface area contributed by atoms with E-state index in [9.17, 15) is 8.42 Å². The molecule has 4 nitrogen and oxygen atoms in total. The highest BCUT2D eigenvalue weighted by molar-refractivity contribution is 7.89. The second-order valence-corrected chi connectivity index (χ2v) is 7.41. The van der Waals surface area contributed by atoms with E-state index in [2.05, 4.69) is 6.92 Å². The van der Waals surface area contributed by atoms with Crippen LogP contribution in [0.25, 0.3) is 0 Å². The van der Waals surface area contributed by atoms with Crippen LogP contribution in [-0.2, 0) is 10.0 Å². The molecule has 2 N–H and O–H groups in total. The van der Waals surface area contributed by atoms with E-state index in [-0.39, 0.29) is 0 Å². The van der Waals surface area contributed by atoms with Gasteiger partial charge in [0.05, 0.1) is 4.90 Å². The molecular formula is C14H22N2O2S. The molecule has 1 unspecified atom stereocenters. The van der Waals surface area contributed by atoms with Crippen LogP contribution in [0.1, 0.15) is 30.9 Å². The molecule has 2 rings (SSSR count). The van der Waals surface area contributed by atoms with E-state index in [1.54, 1.807) is 23.4 Å². The van der Waals surface area contributed by atoms with Gasteiger partial charge in [-0.1, -0.05) is 13.0 Å². The van der Waals surface area contributed by atoms with E-state index in [1.165, 1.54) is 0 Å². The van der Waals surface area contributed by atoms with Crippen molar-refractivity contribution in [2.45, 2.75) is 38.5 Å². The fourth-order valence-corrected chi connectivity index (χ4v) is 4.79. The molecule has 1 aliphatic heterocycles. The molecular weight excluding hydrogens is 260 g/mol. The van der Waals surface area contributed by atoms with Crippen molar-refractivity contribution in [2.24, 2.45) is 5.92 Å². The SMILES string of the molecule is Cc1ccc(N)c(C)c1S(=O)(=O)N1CCCC(C)C1. The number of nitrogens with zero attached hydrogens (tertiary/aromatic N) is 1. The summed E-state index contributed by atoms with van der Waals surface area (Å²) >= 11 is 0. The first-order chi connectivity index (χ1) is 8.84. The number of sulfonamides is 1. The highest BCUT2D eigenvalue weighted by atomic mass is 32.2. The van der Waals surface area contributed by atoms with Crippen molar-refractivity contribution in [3.8, 4) is 0 Å². The molecule has 1 aliphatic rings. The summed E-state index contributed by atoms with van der Waals surface area (Å²) in [5, 5.41) is 0. The Morgan fingerprint density at radius 3 is 2.63 bits per heavy atom. The molecule has 0 bridgehead atoms. The number of hydrogen-bond acceptors (Lipinski definition) is 3. The first-order valence-corrected chi connectivity index (χ1v) is 8.14. The van der Waals surface area contributed by atoms with Gasteiger partial charge in [-0.15, -0.1) is 0 Å². The smallest absolute Gasteiger partial charge is 0.243 e. The predicted octanol–water partition coefficient (Wildman–Crippen LogP) is 2.31. The highest BCUT2D eigenvalue weighted by Gasteiger charge is 2.31. The van der Waals surface area contributed by atoms with Crippen molar-refractivity contribution in [1.82, 2.24) is 4.31 Å². The molecule has 0 aliphatic carbocycles. The lowest BCUT2D eigenvalue weighted by molar-refractivity contribution is 0.281. The van der Waals surface area contributed by atoms with Crippen LogP contribution in [-0.4, -0.2) is 25.8 Å². The van der Waals surface area contributed by atoms with Gasteiger partial charge in [0.1, 0.15) is 0 Å². The van der Waals surface area contributed by atoms with Crippen molar-refractivity contribution in [2.75, 3.05) is 18.8 Å². The van der Waals surface area contributed by atoms with Gasteiger partial charge in [0.15, 0.2) is 0 Å². The van der Waals surface area contributed by atoms with Crippen molar-refractivity contribution in [3.05, 3.63) is 23.3 Å². The van der Waals surface area contributed by atoms with Crippen LogP contribution in [0.15, 0.2) is 17.0 Å². The molecule has 0 spiro atoms.